The van der Waals surface area contributed by atoms with Crippen LogP contribution in [-0.2, 0) is 0 Å². The predicted molar refractivity (Wildman–Crippen MR) is 105 cm³/mol. The number of pyridine rings is 2. The van der Waals surface area contributed by atoms with Crippen LogP contribution in [0, 0.1) is 0 Å². The van der Waals surface area contributed by atoms with E-state index in [1.165, 1.54) is 10.8 Å². The van der Waals surface area contributed by atoms with Gasteiger partial charge in [0, 0.05) is 27.9 Å². The molecule has 0 aliphatic rings. The van der Waals surface area contributed by atoms with Crippen molar-refractivity contribution in [3.63, 3.8) is 0 Å². The van der Waals surface area contributed by atoms with E-state index in [1.807, 2.05) is 12.3 Å². The maximum absolute atomic E-state index is 4.97. The fourth-order valence-electron chi connectivity index (χ4n) is 3.69. The van der Waals surface area contributed by atoms with Gasteiger partial charge in [-0.05, 0) is 17.5 Å². The van der Waals surface area contributed by atoms with Crippen LogP contribution in [0.25, 0.3) is 49.4 Å². The molecule has 0 bridgehead atoms. The maximum atomic E-state index is 4.97. The molecular formula is C20H13ClN4. The van der Waals surface area contributed by atoms with Crippen LogP contribution in [0.2, 0.25) is 0 Å². The van der Waals surface area contributed by atoms with E-state index < -0.39 is 0 Å². The van der Waals surface area contributed by atoms with Gasteiger partial charge in [-0.15, -0.1) is 12.4 Å². The second-order valence-electron chi connectivity index (χ2n) is 6.10. The van der Waals surface area contributed by atoms with Crippen molar-refractivity contribution in [2.24, 2.45) is 0 Å². The lowest BCUT2D eigenvalue weighted by molar-refractivity contribution is 1.20. The Morgan fingerprint density at radius 3 is 2.52 bits per heavy atom. The van der Waals surface area contributed by atoms with E-state index in [0.29, 0.717) is 0 Å². The van der Waals surface area contributed by atoms with Gasteiger partial charge in [0.2, 0.25) is 0 Å². The molecule has 0 atom stereocenters. The van der Waals surface area contributed by atoms with E-state index in [0.717, 1.165) is 38.6 Å². The minimum absolute atomic E-state index is 0. The van der Waals surface area contributed by atoms with Gasteiger partial charge in [-0.1, -0.05) is 42.5 Å². The SMILES string of the molecule is Cl.c1ccc2c(c1)ccn1c2nc2c3c(cnc21)[nH]c1ccccc13. The van der Waals surface area contributed by atoms with E-state index in [-0.39, 0.29) is 12.4 Å². The summed E-state index contributed by atoms with van der Waals surface area (Å²) in [5.74, 6) is 0. The number of halogens is 1. The first-order chi connectivity index (χ1) is 11.9. The molecule has 0 aliphatic heterocycles. The van der Waals surface area contributed by atoms with Gasteiger partial charge in [0.25, 0.3) is 0 Å². The number of hydrogen-bond donors (Lipinski definition) is 1. The highest BCUT2D eigenvalue weighted by Gasteiger charge is 2.14. The van der Waals surface area contributed by atoms with E-state index >= 15 is 0 Å². The van der Waals surface area contributed by atoms with Crippen molar-refractivity contribution in [1.82, 2.24) is 19.4 Å². The van der Waals surface area contributed by atoms with Gasteiger partial charge >= 0.3 is 0 Å². The molecule has 0 fully saturated rings. The van der Waals surface area contributed by atoms with Crippen LogP contribution in [-0.4, -0.2) is 19.4 Å². The molecule has 5 heteroatoms. The summed E-state index contributed by atoms with van der Waals surface area (Å²) in [5.41, 5.74) is 4.93. The van der Waals surface area contributed by atoms with E-state index in [4.69, 9.17) is 4.98 Å². The molecule has 25 heavy (non-hydrogen) atoms. The number of nitrogens with zero attached hydrogens (tertiary/aromatic N) is 3. The molecule has 4 heterocycles. The predicted octanol–water partition coefficient (Wildman–Crippen LogP) is 5.09. The average molecular weight is 345 g/mol. The summed E-state index contributed by atoms with van der Waals surface area (Å²) in [5, 5.41) is 4.66. The van der Waals surface area contributed by atoms with Crippen LogP contribution in [0.15, 0.2) is 67.0 Å². The zero-order valence-electron chi connectivity index (χ0n) is 13.1. The molecule has 0 saturated heterocycles. The Morgan fingerprint density at radius 1 is 0.800 bits per heavy atom. The van der Waals surface area contributed by atoms with Gasteiger partial charge in [-0.3, -0.25) is 4.40 Å². The Balaban J connectivity index is 0.00000140. The zero-order valence-corrected chi connectivity index (χ0v) is 13.9. The summed E-state index contributed by atoms with van der Waals surface area (Å²) >= 11 is 0. The molecule has 0 aliphatic carbocycles. The normalized spacial score (nSPS) is 11.7. The largest absolute Gasteiger partial charge is 0.353 e. The van der Waals surface area contributed by atoms with Crippen LogP contribution in [0.4, 0.5) is 0 Å². The number of H-pyrrole nitrogens is 1. The Hall–Kier alpha value is -3.11. The number of para-hydroxylation sites is 1. The van der Waals surface area contributed by atoms with Crippen molar-refractivity contribution in [3.8, 4) is 0 Å². The molecule has 0 amide bonds. The summed E-state index contributed by atoms with van der Waals surface area (Å²) in [6.45, 7) is 0. The Labute approximate surface area is 148 Å². The van der Waals surface area contributed by atoms with Crippen molar-refractivity contribution >= 4 is 61.8 Å². The van der Waals surface area contributed by atoms with Crippen LogP contribution >= 0.6 is 12.4 Å². The number of nitrogens with one attached hydrogen (secondary N) is 1. The number of aromatic nitrogens is 4. The molecular weight excluding hydrogens is 332 g/mol. The van der Waals surface area contributed by atoms with Crippen molar-refractivity contribution < 1.29 is 0 Å². The Kier molecular flexibility index (Phi) is 2.82. The molecule has 1 N–H and O–H groups in total. The van der Waals surface area contributed by atoms with E-state index in [9.17, 15) is 0 Å². The van der Waals surface area contributed by atoms with Crippen LogP contribution in [0.1, 0.15) is 0 Å². The average Bonchev–Trinajstić information content (AvgIpc) is 3.19. The van der Waals surface area contributed by atoms with E-state index in [1.54, 1.807) is 0 Å². The molecule has 0 unspecified atom stereocenters. The molecule has 0 saturated carbocycles. The molecule has 120 valence electrons. The first kappa shape index (κ1) is 14.3. The smallest absolute Gasteiger partial charge is 0.165 e. The second-order valence-corrected chi connectivity index (χ2v) is 6.10. The van der Waals surface area contributed by atoms with Crippen molar-refractivity contribution in [2.75, 3.05) is 0 Å². The molecule has 4 nitrogen and oxygen atoms in total. The number of rotatable bonds is 0. The fourth-order valence-corrected chi connectivity index (χ4v) is 3.69. The molecule has 6 aromatic rings. The summed E-state index contributed by atoms with van der Waals surface area (Å²) in [4.78, 5) is 13.1. The first-order valence-electron chi connectivity index (χ1n) is 7.95. The van der Waals surface area contributed by atoms with Crippen LogP contribution < -0.4 is 0 Å². The monoisotopic (exact) mass is 344 g/mol. The van der Waals surface area contributed by atoms with Gasteiger partial charge < -0.3 is 4.98 Å². The number of hydrogen-bond acceptors (Lipinski definition) is 2. The summed E-state index contributed by atoms with van der Waals surface area (Å²) in [7, 11) is 0. The molecule has 2 aromatic carbocycles. The highest BCUT2D eigenvalue weighted by atomic mass is 35.5. The fraction of sp³-hybridized carbons (Fsp3) is 0. The molecule has 4 aromatic heterocycles. The minimum Gasteiger partial charge on any atom is -0.353 e. The third-order valence-electron chi connectivity index (χ3n) is 4.78. The number of benzene rings is 2. The topological polar surface area (TPSA) is 46.0 Å². The van der Waals surface area contributed by atoms with Crippen molar-refractivity contribution in [1.29, 1.82) is 0 Å². The van der Waals surface area contributed by atoms with Crippen molar-refractivity contribution in [2.45, 2.75) is 0 Å². The maximum Gasteiger partial charge on any atom is 0.165 e. The Morgan fingerprint density at radius 2 is 1.60 bits per heavy atom. The lowest BCUT2D eigenvalue weighted by atomic mass is 10.2. The van der Waals surface area contributed by atoms with Gasteiger partial charge in [-0.25, -0.2) is 9.97 Å². The third-order valence-corrected chi connectivity index (χ3v) is 4.78. The summed E-state index contributed by atoms with van der Waals surface area (Å²) in [6, 6.07) is 18.8. The molecule has 6 rings (SSSR count). The Bertz CT molecular complexity index is 1410. The lowest BCUT2D eigenvalue weighted by Crippen LogP contribution is -1.87. The summed E-state index contributed by atoms with van der Waals surface area (Å²) in [6.07, 6.45) is 3.96. The van der Waals surface area contributed by atoms with Gasteiger partial charge in [0.15, 0.2) is 5.65 Å². The number of aromatic amines is 1. The quantitative estimate of drug-likeness (QED) is 0.417. The molecule has 0 spiro atoms. The van der Waals surface area contributed by atoms with Crippen molar-refractivity contribution in [3.05, 3.63) is 67.0 Å². The van der Waals surface area contributed by atoms with Gasteiger partial charge in [0.05, 0.1) is 11.7 Å². The standard InChI is InChI=1S/C20H12N4.ClH/c1-2-6-13-12(5-1)9-10-24-19(13)23-18-17-14-7-3-4-8-15(14)22-16(17)11-21-20(18)24;/h1-11,22H;1H. The van der Waals surface area contributed by atoms with Gasteiger partial charge in [-0.2, -0.15) is 0 Å². The number of imidazole rings is 1. The lowest BCUT2D eigenvalue weighted by Gasteiger charge is -1.99. The van der Waals surface area contributed by atoms with Crippen LogP contribution in [0.5, 0.6) is 0 Å². The molecule has 0 radical (unpaired) electrons. The third kappa shape index (κ3) is 1.77. The second kappa shape index (κ2) is 4.94. The van der Waals surface area contributed by atoms with E-state index in [2.05, 4.69) is 69.1 Å². The number of fused-ring (bicyclic) bond motifs is 9. The van der Waals surface area contributed by atoms with Gasteiger partial charge in [0.1, 0.15) is 11.2 Å². The highest BCUT2D eigenvalue weighted by Crippen LogP contribution is 2.32. The highest BCUT2D eigenvalue weighted by molar-refractivity contribution is 6.18. The van der Waals surface area contributed by atoms with Crippen LogP contribution in [0.3, 0.4) is 0 Å². The first-order valence-corrected chi connectivity index (χ1v) is 7.95. The minimum atomic E-state index is 0. The summed E-state index contributed by atoms with van der Waals surface area (Å²) < 4.78 is 2.08. The zero-order chi connectivity index (χ0) is 15.7.